The Morgan fingerprint density at radius 3 is 2.59 bits per heavy atom. The molecule has 0 saturated carbocycles. The number of methoxy groups -OCH3 is 1. The van der Waals surface area contributed by atoms with Crippen LogP contribution in [-0.2, 0) is 14.8 Å². The second kappa shape index (κ2) is 9.25. The predicted molar refractivity (Wildman–Crippen MR) is 108 cm³/mol. The van der Waals surface area contributed by atoms with E-state index in [0.29, 0.717) is 50.1 Å². The zero-order valence-corrected chi connectivity index (χ0v) is 17.2. The van der Waals surface area contributed by atoms with Gasteiger partial charge in [-0.05, 0) is 37.3 Å². The fraction of sp³-hybridized carbons (Fsp3) is 0.350. The van der Waals surface area contributed by atoms with Gasteiger partial charge in [0.15, 0.2) is 11.5 Å². The van der Waals surface area contributed by atoms with Crippen molar-refractivity contribution in [1.82, 2.24) is 4.31 Å². The largest absolute Gasteiger partial charge is 0.493 e. The number of carbonyl (C=O) groups is 1. The molecule has 1 aliphatic heterocycles. The molecule has 0 aromatic heterocycles. The summed E-state index contributed by atoms with van der Waals surface area (Å²) in [6.45, 7) is 3.67. The van der Waals surface area contributed by atoms with Crippen molar-refractivity contribution >= 4 is 21.6 Å². The number of morpholine rings is 1. The summed E-state index contributed by atoms with van der Waals surface area (Å²) in [6.07, 6.45) is 0. The summed E-state index contributed by atoms with van der Waals surface area (Å²) >= 11 is 0. The Bertz CT molecular complexity index is 971. The lowest BCUT2D eigenvalue weighted by Gasteiger charge is -2.26. The Balaban J connectivity index is 1.79. The van der Waals surface area contributed by atoms with Gasteiger partial charge in [0.1, 0.15) is 0 Å². The van der Waals surface area contributed by atoms with Gasteiger partial charge < -0.3 is 19.5 Å². The molecule has 1 amide bonds. The van der Waals surface area contributed by atoms with Gasteiger partial charge in [-0.1, -0.05) is 6.07 Å². The Kier molecular flexibility index (Phi) is 6.73. The molecule has 0 radical (unpaired) electrons. The number of rotatable bonds is 7. The molecular formula is C20H24N2O6S. The number of sulfonamides is 1. The average Bonchev–Trinajstić information content (AvgIpc) is 2.75. The van der Waals surface area contributed by atoms with Gasteiger partial charge in [0.2, 0.25) is 10.0 Å². The fourth-order valence-corrected chi connectivity index (χ4v) is 4.41. The van der Waals surface area contributed by atoms with Crippen molar-refractivity contribution in [2.45, 2.75) is 11.8 Å². The standard InChI is InChI=1S/C20H24N2O6S/c1-3-28-18-8-7-16(14-19(18)26-2)21-20(23)15-5-4-6-17(13-15)29(24,25)22-9-11-27-12-10-22/h4-8,13-14H,3,9-12H2,1-2H3,(H,21,23). The summed E-state index contributed by atoms with van der Waals surface area (Å²) in [6, 6.07) is 11.0. The first-order chi connectivity index (χ1) is 14.0. The van der Waals surface area contributed by atoms with Gasteiger partial charge in [0, 0.05) is 30.4 Å². The molecule has 0 atom stereocenters. The maximum Gasteiger partial charge on any atom is 0.255 e. The van der Waals surface area contributed by atoms with E-state index in [1.165, 1.54) is 23.5 Å². The number of amides is 1. The minimum absolute atomic E-state index is 0.0799. The number of nitrogens with one attached hydrogen (secondary N) is 1. The number of benzene rings is 2. The predicted octanol–water partition coefficient (Wildman–Crippen LogP) is 2.37. The highest BCUT2D eigenvalue weighted by Gasteiger charge is 2.26. The molecular weight excluding hydrogens is 396 g/mol. The number of hydrogen-bond donors (Lipinski definition) is 1. The third kappa shape index (κ3) is 4.87. The zero-order valence-electron chi connectivity index (χ0n) is 16.4. The molecule has 0 bridgehead atoms. The van der Waals surface area contributed by atoms with Gasteiger partial charge in [-0.3, -0.25) is 4.79 Å². The van der Waals surface area contributed by atoms with Gasteiger partial charge in [0.25, 0.3) is 5.91 Å². The molecule has 0 unspecified atom stereocenters. The highest BCUT2D eigenvalue weighted by Crippen LogP contribution is 2.30. The van der Waals surface area contributed by atoms with Crippen LogP contribution < -0.4 is 14.8 Å². The van der Waals surface area contributed by atoms with E-state index in [4.69, 9.17) is 14.2 Å². The third-order valence-corrected chi connectivity index (χ3v) is 6.32. The molecule has 0 spiro atoms. The van der Waals surface area contributed by atoms with Crippen LogP contribution in [0.25, 0.3) is 0 Å². The summed E-state index contributed by atoms with van der Waals surface area (Å²) in [5, 5.41) is 2.76. The van der Waals surface area contributed by atoms with Crippen molar-refractivity contribution in [2.24, 2.45) is 0 Å². The summed E-state index contributed by atoms with van der Waals surface area (Å²) in [5.74, 6) is 0.648. The van der Waals surface area contributed by atoms with Crippen molar-refractivity contribution in [3.05, 3.63) is 48.0 Å². The Labute approximate surface area is 170 Å². The van der Waals surface area contributed by atoms with Crippen molar-refractivity contribution in [1.29, 1.82) is 0 Å². The molecule has 8 nitrogen and oxygen atoms in total. The normalized spacial score (nSPS) is 15.0. The van der Waals surface area contributed by atoms with Crippen molar-refractivity contribution in [3.63, 3.8) is 0 Å². The lowest BCUT2D eigenvalue weighted by molar-refractivity contribution is 0.0730. The van der Waals surface area contributed by atoms with Crippen LogP contribution in [0.5, 0.6) is 11.5 Å². The third-order valence-electron chi connectivity index (χ3n) is 4.43. The molecule has 0 aliphatic carbocycles. The molecule has 156 valence electrons. The minimum atomic E-state index is -3.68. The summed E-state index contributed by atoms with van der Waals surface area (Å²) in [5.41, 5.74) is 0.754. The van der Waals surface area contributed by atoms with Gasteiger partial charge in [-0.2, -0.15) is 4.31 Å². The number of carbonyl (C=O) groups excluding carboxylic acids is 1. The number of nitrogens with zero attached hydrogens (tertiary/aromatic N) is 1. The van der Waals surface area contributed by atoms with Crippen molar-refractivity contribution in [3.8, 4) is 11.5 Å². The summed E-state index contributed by atoms with van der Waals surface area (Å²) in [7, 11) is -2.16. The van der Waals surface area contributed by atoms with Crippen LogP contribution in [0.1, 0.15) is 17.3 Å². The Morgan fingerprint density at radius 2 is 1.90 bits per heavy atom. The molecule has 1 saturated heterocycles. The SMILES string of the molecule is CCOc1ccc(NC(=O)c2cccc(S(=O)(=O)N3CCOCC3)c2)cc1OC. The molecule has 1 heterocycles. The van der Waals surface area contributed by atoms with E-state index in [1.54, 1.807) is 30.3 Å². The summed E-state index contributed by atoms with van der Waals surface area (Å²) in [4.78, 5) is 12.7. The van der Waals surface area contributed by atoms with E-state index in [0.717, 1.165) is 0 Å². The number of anilines is 1. The quantitative estimate of drug-likeness (QED) is 0.739. The van der Waals surface area contributed by atoms with Crippen LogP contribution in [0.3, 0.4) is 0 Å². The maximum absolute atomic E-state index is 12.8. The molecule has 1 aliphatic rings. The molecule has 3 rings (SSSR count). The van der Waals surface area contributed by atoms with E-state index < -0.39 is 15.9 Å². The highest BCUT2D eigenvalue weighted by atomic mass is 32.2. The monoisotopic (exact) mass is 420 g/mol. The molecule has 9 heteroatoms. The van der Waals surface area contributed by atoms with Crippen molar-refractivity contribution < 1.29 is 27.4 Å². The van der Waals surface area contributed by atoms with Crippen LogP contribution >= 0.6 is 0 Å². The smallest absolute Gasteiger partial charge is 0.255 e. The molecule has 29 heavy (non-hydrogen) atoms. The molecule has 1 fully saturated rings. The summed E-state index contributed by atoms with van der Waals surface area (Å²) < 4.78 is 43.0. The van der Waals surface area contributed by atoms with E-state index in [2.05, 4.69) is 5.32 Å². The van der Waals surface area contributed by atoms with Gasteiger partial charge in [-0.25, -0.2) is 8.42 Å². The van der Waals surface area contributed by atoms with Crippen LogP contribution in [0.2, 0.25) is 0 Å². The van der Waals surface area contributed by atoms with Crippen LogP contribution in [0.15, 0.2) is 47.4 Å². The molecule has 2 aromatic carbocycles. The number of hydrogen-bond acceptors (Lipinski definition) is 6. The first kappa shape index (κ1) is 21.1. The van der Waals surface area contributed by atoms with Gasteiger partial charge >= 0.3 is 0 Å². The van der Waals surface area contributed by atoms with Crippen LogP contribution in [0.4, 0.5) is 5.69 Å². The van der Waals surface area contributed by atoms with E-state index in [1.807, 2.05) is 6.92 Å². The van der Waals surface area contributed by atoms with Crippen molar-refractivity contribution in [2.75, 3.05) is 45.3 Å². The molecule has 2 aromatic rings. The zero-order chi connectivity index (χ0) is 20.9. The topological polar surface area (TPSA) is 94.2 Å². The Hall–Kier alpha value is -2.62. The Morgan fingerprint density at radius 1 is 1.14 bits per heavy atom. The van der Waals surface area contributed by atoms with Crippen LogP contribution in [0, 0.1) is 0 Å². The molecule has 1 N–H and O–H groups in total. The van der Waals surface area contributed by atoms with Gasteiger partial charge in [0.05, 0.1) is 31.8 Å². The fourth-order valence-electron chi connectivity index (χ4n) is 2.96. The minimum Gasteiger partial charge on any atom is -0.493 e. The maximum atomic E-state index is 12.8. The lowest BCUT2D eigenvalue weighted by Crippen LogP contribution is -2.40. The van der Waals surface area contributed by atoms with E-state index >= 15 is 0 Å². The van der Waals surface area contributed by atoms with E-state index in [9.17, 15) is 13.2 Å². The first-order valence-electron chi connectivity index (χ1n) is 9.26. The second-order valence-corrected chi connectivity index (χ2v) is 8.23. The first-order valence-corrected chi connectivity index (χ1v) is 10.7. The van der Waals surface area contributed by atoms with Crippen LogP contribution in [-0.4, -0.2) is 58.7 Å². The van der Waals surface area contributed by atoms with E-state index in [-0.39, 0.29) is 10.5 Å². The van der Waals surface area contributed by atoms with Gasteiger partial charge in [-0.15, -0.1) is 0 Å². The highest BCUT2D eigenvalue weighted by molar-refractivity contribution is 7.89. The number of ether oxygens (including phenoxy) is 3. The lowest BCUT2D eigenvalue weighted by atomic mass is 10.2. The second-order valence-electron chi connectivity index (χ2n) is 6.30. The average molecular weight is 420 g/mol.